The van der Waals surface area contributed by atoms with Gasteiger partial charge >= 0.3 is 0 Å². The maximum Gasteiger partial charge on any atom is 0.216 e. The van der Waals surface area contributed by atoms with Gasteiger partial charge in [0.2, 0.25) is 5.82 Å². The number of aliphatic imine (C=N–C) groups is 1. The Balaban J connectivity index is 1.32. The standard InChI is InChI=1S/C19H25N7OS/c1-2-20-19(21-13-16-23-18(25-24-16)15-5-3-11-27-15)22-14-7-9-26(10-8-14)17-6-4-12-28-17/h3-6,11-12,14H,2,7-10,13H2,1H3,(H2,20,21,22)(H,23,24,25). The predicted octanol–water partition coefficient (Wildman–Crippen LogP) is 2.85. The number of piperidine rings is 1. The fourth-order valence-electron chi connectivity index (χ4n) is 3.24. The van der Waals surface area contributed by atoms with Crippen molar-refractivity contribution in [3.8, 4) is 11.6 Å². The quantitative estimate of drug-likeness (QED) is 0.436. The third-order valence-electron chi connectivity index (χ3n) is 4.66. The summed E-state index contributed by atoms with van der Waals surface area (Å²) in [5, 5.41) is 17.5. The van der Waals surface area contributed by atoms with Crippen molar-refractivity contribution < 1.29 is 4.42 Å². The van der Waals surface area contributed by atoms with Gasteiger partial charge in [-0.1, -0.05) is 0 Å². The van der Waals surface area contributed by atoms with Crippen molar-refractivity contribution in [2.45, 2.75) is 32.4 Å². The summed E-state index contributed by atoms with van der Waals surface area (Å²) < 4.78 is 5.32. The molecule has 1 aliphatic rings. The zero-order valence-electron chi connectivity index (χ0n) is 15.9. The SMILES string of the molecule is CCNC(=NCc1nc(-c2ccco2)n[nH]1)NC1CCN(c2cccs2)CC1. The molecule has 0 aliphatic carbocycles. The van der Waals surface area contributed by atoms with E-state index in [9.17, 15) is 0 Å². The Bertz CT molecular complexity index is 864. The van der Waals surface area contributed by atoms with Crippen molar-refractivity contribution in [2.75, 3.05) is 24.5 Å². The van der Waals surface area contributed by atoms with Crippen LogP contribution in [0.2, 0.25) is 0 Å². The van der Waals surface area contributed by atoms with Gasteiger partial charge in [0, 0.05) is 25.7 Å². The zero-order chi connectivity index (χ0) is 19.2. The summed E-state index contributed by atoms with van der Waals surface area (Å²) in [5.74, 6) is 2.72. The molecule has 148 valence electrons. The summed E-state index contributed by atoms with van der Waals surface area (Å²) in [6.45, 7) is 5.43. The van der Waals surface area contributed by atoms with Gasteiger partial charge < -0.3 is 20.0 Å². The minimum absolute atomic E-state index is 0.419. The monoisotopic (exact) mass is 399 g/mol. The van der Waals surface area contributed by atoms with Crippen molar-refractivity contribution in [3.05, 3.63) is 41.7 Å². The summed E-state index contributed by atoms with van der Waals surface area (Å²) in [6, 6.07) is 8.38. The molecule has 0 bridgehead atoms. The molecule has 3 aromatic rings. The van der Waals surface area contributed by atoms with Gasteiger partial charge in [0.25, 0.3) is 0 Å². The van der Waals surface area contributed by atoms with Gasteiger partial charge in [0.1, 0.15) is 12.4 Å². The van der Waals surface area contributed by atoms with Crippen LogP contribution in [0.4, 0.5) is 5.00 Å². The summed E-state index contributed by atoms with van der Waals surface area (Å²) in [5.41, 5.74) is 0. The molecule has 0 aromatic carbocycles. The number of hydrogen-bond donors (Lipinski definition) is 3. The van der Waals surface area contributed by atoms with Crippen molar-refractivity contribution in [2.24, 2.45) is 4.99 Å². The molecule has 9 heteroatoms. The summed E-state index contributed by atoms with van der Waals surface area (Å²) >= 11 is 1.81. The Morgan fingerprint density at radius 1 is 1.36 bits per heavy atom. The number of nitrogens with zero attached hydrogens (tertiary/aromatic N) is 4. The lowest BCUT2D eigenvalue weighted by molar-refractivity contribution is 0.462. The van der Waals surface area contributed by atoms with Crippen LogP contribution in [0, 0.1) is 0 Å². The maximum atomic E-state index is 5.32. The van der Waals surface area contributed by atoms with Crippen molar-refractivity contribution in [1.82, 2.24) is 25.8 Å². The molecule has 3 N–H and O–H groups in total. The first-order valence-electron chi connectivity index (χ1n) is 9.60. The normalized spacial score (nSPS) is 15.8. The second kappa shape index (κ2) is 8.92. The molecule has 28 heavy (non-hydrogen) atoms. The number of nitrogens with one attached hydrogen (secondary N) is 3. The van der Waals surface area contributed by atoms with E-state index in [4.69, 9.17) is 4.42 Å². The third-order valence-corrected chi connectivity index (χ3v) is 5.59. The molecular weight excluding hydrogens is 374 g/mol. The van der Waals surface area contributed by atoms with Gasteiger partial charge in [-0.05, 0) is 49.4 Å². The van der Waals surface area contributed by atoms with Gasteiger partial charge in [-0.2, -0.15) is 0 Å². The first kappa shape index (κ1) is 18.5. The summed E-state index contributed by atoms with van der Waals surface area (Å²) in [4.78, 5) is 11.6. The first-order valence-corrected chi connectivity index (χ1v) is 10.5. The van der Waals surface area contributed by atoms with E-state index in [-0.39, 0.29) is 0 Å². The minimum atomic E-state index is 0.419. The number of rotatable bonds is 6. The molecule has 3 aromatic heterocycles. The molecule has 0 unspecified atom stereocenters. The first-order chi connectivity index (χ1) is 13.8. The molecule has 0 amide bonds. The number of H-pyrrole nitrogens is 1. The second-order valence-electron chi connectivity index (χ2n) is 6.64. The van der Waals surface area contributed by atoms with Crippen LogP contribution in [-0.2, 0) is 6.54 Å². The predicted molar refractivity (Wildman–Crippen MR) is 112 cm³/mol. The molecule has 0 radical (unpaired) electrons. The number of hydrogen-bond acceptors (Lipinski definition) is 6. The lowest BCUT2D eigenvalue weighted by atomic mass is 10.1. The molecule has 1 fully saturated rings. The average Bonchev–Trinajstić information content (AvgIpc) is 3.49. The molecule has 1 aliphatic heterocycles. The summed E-state index contributed by atoms with van der Waals surface area (Å²) in [6.07, 6.45) is 3.79. The Labute approximate surface area is 168 Å². The molecule has 0 spiro atoms. The van der Waals surface area contributed by atoms with E-state index >= 15 is 0 Å². The van der Waals surface area contributed by atoms with Crippen LogP contribution in [0.25, 0.3) is 11.6 Å². The Kier molecular flexibility index (Phi) is 5.91. The molecule has 1 saturated heterocycles. The number of anilines is 1. The average molecular weight is 400 g/mol. The molecule has 8 nitrogen and oxygen atoms in total. The van der Waals surface area contributed by atoms with Gasteiger partial charge in [-0.25, -0.2) is 9.98 Å². The lowest BCUT2D eigenvalue weighted by Gasteiger charge is -2.33. The van der Waals surface area contributed by atoms with Crippen LogP contribution < -0.4 is 15.5 Å². The zero-order valence-corrected chi connectivity index (χ0v) is 16.7. The number of guanidine groups is 1. The van der Waals surface area contributed by atoms with E-state index in [2.05, 4.69) is 60.1 Å². The van der Waals surface area contributed by atoms with E-state index in [1.165, 1.54) is 5.00 Å². The molecular formula is C19H25N7OS. The van der Waals surface area contributed by atoms with Crippen LogP contribution in [0.15, 0.2) is 45.3 Å². The second-order valence-corrected chi connectivity index (χ2v) is 7.56. The highest BCUT2D eigenvalue weighted by atomic mass is 32.1. The lowest BCUT2D eigenvalue weighted by Crippen LogP contribution is -2.48. The Morgan fingerprint density at radius 3 is 2.96 bits per heavy atom. The van der Waals surface area contributed by atoms with E-state index in [1.807, 2.05) is 12.1 Å². The maximum absolute atomic E-state index is 5.32. The number of furan rings is 1. The van der Waals surface area contributed by atoms with Gasteiger partial charge in [-0.3, -0.25) is 5.10 Å². The molecule has 4 heterocycles. The third kappa shape index (κ3) is 4.53. The number of aromatic amines is 1. The Morgan fingerprint density at radius 2 is 2.25 bits per heavy atom. The smallest absolute Gasteiger partial charge is 0.216 e. The molecule has 4 rings (SSSR count). The van der Waals surface area contributed by atoms with E-state index in [0.29, 0.717) is 30.0 Å². The van der Waals surface area contributed by atoms with Crippen molar-refractivity contribution in [1.29, 1.82) is 0 Å². The number of thiophene rings is 1. The van der Waals surface area contributed by atoms with Gasteiger partial charge in [0.15, 0.2) is 11.7 Å². The van der Waals surface area contributed by atoms with Crippen LogP contribution >= 0.6 is 11.3 Å². The van der Waals surface area contributed by atoms with E-state index in [1.54, 1.807) is 17.6 Å². The highest BCUT2D eigenvalue weighted by molar-refractivity contribution is 7.14. The summed E-state index contributed by atoms with van der Waals surface area (Å²) in [7, 11) is 0. The van der Waals surface area contributed by atoms with Crippen LogP contribution in [0.3, 0.4) is 0 Å². The van der Waals surface area contributed by atoms with Gasteiger partial charge in [0.05, 0.1) is 11.3 Å². The van der Waals surface area contributed by atoms with Crippen molar-refractivity contribution in [3.63, 3.8) is 0 Å². The topological polar surface area (TPSA) is 94.4 Å². The number of aromatic nitrogens is 3. The fourth-order valence-corrected chi connectivity index (χ4v) is 4.03. The minimum Gasteiger partial charge on any atom is -0.461 e. The van der Waals surface area contributed by atoms with Crippen LogP contribution in [-0.4, -0.2) is 46.8 Å². The van der Waals surface area contributed by atoms with Crippen LogP contribution in [0.1, 0.15) is 25.6 Å². The van der Waals surface area contributed by atoms with E-state index in [0.717, 1.165) is 38.4 Å². The molecule has 0 atom stereocenters. The highest BCUT2D eigenvalue weighted by Gasteiger charge is 2.20. The van der Waals surface area contributed by atoms with Crippen molar-refractivity contribution >= 4 is 22.3 Å². The Hall–Kier alpha value is -2.81. The fraction of sp³-hybridized carbons (Fsp3) is 0.421. The van der Waals surface area contributed by atoms with Crippen LogP contribution in [0.5, 0.6) is 0 Å². The molecule has 0 saturated carbocycles. The van der Waals surface area contributed by atoms with E-state index < -0.39 is 0 Å². The van der Waals surface area contributed by atoms with Gasteiger partial charge in [-0.15, -0.1) is 16.4 Å². The largest absolute Gasteiger partial charge is 0.461 e. The highest BCUT2D eigenvalue weighted by Crippen LogP contribution is 2.24.